The van der Waals surface area contributed by atoms with Crippen LogP contribution in [0.1, 0.15) is 11.1 Å². The minimum atomic E-state index is -2.01. The van der Waals surface area contributed by atoms with E-state index in [0.717, 1.165) is 11.4 Å². The summed E-state index contributed by atoms with van der Waals surface area (Å²) in [7, 11) is -4.02. The molecule has 4 heteroatoms. The SMILES string of the molecule is C[Si](C)(C)C1([Si](C)(C)C)c2cc3cc(N(c4ccccc4)c4ccccc4)ccc3cc2-c2c1cc(N(c1ccccc1)c1ccccc1)c1ccccc21. The van der Waals surface area contributed by atoms with Crippen molar-refractivity contribution in [2.45, 2.75) is 43.9 Å². The van der Waals surface area contributed by atoms with Gasteiger partial charge in [0.1, 0.15) is 0 Å². The topological polar surface area (TPSA) is 6.48 Å². The molecule has 0 amide bonds. The maximum atomic E-state index is 2.62. The van der Waals surface area contributed by atoms with Crippen molar-refractivity contribution in [2.75, 3.05) is 9.80 Å². The van der Waals surface area contributed by atoms with Crippen LogP contribution in [0.25, 0.3) is 32.7 Å². The van der Waals surface area contributed by atoms with E-state index in [1.54, 1.807) is 0 Å². The summed E-state index contributed by atoms with van der Waals surface area (Å²) in [5.41, 5.74) is 13.0. The molecule has 0 saturated carbocycles. The third-order valence-corrected chi connectivity index (χ3v) is 21.9. The van der Waals surface area contributed by atoms with E-state index in [9.17, 15) is 0 Å². The maximum Gasteiger partial charge on any atom is 0.0579 e. The molecule has 8 aromatic rings. The van der Waals surface area contributed by atoms with E-state index in [4.69, 9.17) is 0 Å². The summed E-state index contributed by atoms with van der Waals surface area (Å²) in [6, 6.07) is 67.3. The van der Waals surface area contributed by atoms with E-state index in [1.165, 1.54) is 66.5 Å². The zero-order valence-corrected chi connectivity index (χ0v) is 34.7. The van der Waals surface area contributed by atoms with E-state index in [0.29, 0.717) is 0 Å². The van der Waals surface area contributed by atoms with Crippen LogP contribution in [0.4, 0.5) is 34.1 Å². The van der Waals surface area contributed by atoms with Crippen LogP contribution in [0.2, 0.25) is 39.3 Å². The van der Waals surface area contributed by atoms with Gasteiger partial charge in [0.05, 0.1) is 21.8 Å². The number of para-hydroxylation sites is 4. The van der Waals surface area contributed by atoms with Crippen molar-refractivity contribution in [1.29, 1.82) is 0 Å². The molecule has 0 atom stereocenters. The van der Waals surface area contributed by atoms with E-state index in [-0.39, 0.29) is 4.66 Å². The molecule has 0 N–H and O–H groups in total. The minimum Gasteiger partial charge on any atom is -0.310 e. The lowest BCUT2D eigenvalue weighted by atomic mass is 9.94. The fourth-order valence-corrected chi connectivity index (χ4v) is 23.2. The van der Waals surface area contributed by atoms with Gasteiger partial charge in [-0.1, -0.05) is 148 Å². The first kappa shape index (κ1) is 35.0. The van der Waals surface area contributed by atoms with Gasteiger partial charge in [-0.25, -0.2) is 0 Å². The Bertz CT molecular complexity index is 2570. The normalized spacial score (nSPS) is 13.4. The number of fused-ring (bicyclic) bond motifs is 6. The van der Waals surface area contributed by atoms with Gasteiger partial charge in [-0.2, -0.15) is 0 Å². The second-order valence-electron chi connectivity index (χ2n) is 17.1. The van der Waals surface area contributed by atoms with Gasteiger partial charge in [-0.15, -0.1) is 0 Å². The van der Waals surface area contributed by atoms with E-state index in [1.807, 2.05) is 0 Å². The Balaban J connectivity index is 1.35. The van der Waals surface area contributed by atoms with Crippen molar-refractivity contribution in [3.63, 3.8) is 0 Å². The quantitative estimate of drug-likeness (QED) is 0.143. The monoisotopic (exact) mass is 744 g/mol. The molecule has 9 rings (SSSR count). The molecule has 0 saturated heterocycles. The maximum absolute atomic E-state index is 2.62. The molecular weight excluding hydrogens is 697 g/mol. The Hall–Kier alpha value is -5.69. The highest BCUT2D eigenvalue weighted by Gasteiger charge is 2.59. The molecule has 0 aliphatic heterocycles. The minimum absolute atomic E-state index is 0.0504. The fraction of sp³-hybridized carbons (Fsp3) is 0.137. The van der Waals surface area contributed by atoms with Gasteiger partial charge < -0.3 is 9.80 Å². The average molecular weight is 745 g/mol. The second-order valence-corrected chi connectivity index (χ2v) is 28.1. The first-order valence-electron chi connectivity index (χ1n) is 19.5. The van der Waals surface area contributed by atoms with Crippen LogP contribution in [0.3, 0.4) is 0 Å². The van der Waals surface area contributed by atoms with Gasteiger partial charge in [-0.05, 0) is 111 Å². The molecule has 0 heterocycles. The van der Waals surface area contributed by atoms with E-state index in [2.05, 4.69) is 231 Å². The molecule has 2 nitrogen and oxygen atoms in total. The van der Waals surface area contributed by atoms with Gasteiger partial charge >= 0.3 is 0 Å². The summed E-state index contributed by atoms with van der Waals surface area (Å²) in [6.45, 7) is 15.7. The molecule has 1 aliphatic carbocycles. The molecule has 0 fully saturated rings. The molecule has 0 bridgehead atoms. The van der Waals surface area contributed by atoms with Crippen LogP contribution in [0.15, 0.2) is 182 Å². The van der Waals surface area contributed by atoms with Crippen LogP contribution >= 0.6 is 0 Å². The van der Waals surface area contributed by atoms with Crippen LogP contribution in [-0.4, -0.2) is 16.1 Å². The standard InChI is InChI=1S/C51H48N2Si2/c1-54(2,3)51(55(4,5)6)47-35-38-33-43(52(39-21-11-7-12-22-39)40-23-13-8-14-24-40)32-31-37(38)34-46(47)50-45-30-20-19-29-44(45)49(36-48(50)51)53(41-25-15-9-16-26-41)42-27-17-10-18-28-42/h7-36H,1-6H3. The Morgan fingerprint density at radius 1 is 0.364 bits per heavy atom. The predicted octanol–water partition coefficient (Wildman–Crippen LogP) is 15.0. The summed E-state index contributed by atoms with van der Waals surface area (Å²) < 4.78 is -0.0504. The Morgan fingerprint density at radius 3 is 1.31 bits per heavy atom. The van der Waals surface area contributed by atoms with Gasteiger partial charge in [0.2, 0.25) is 0 Å². The Morgan fingerprint density at radius 2 is 0.818 bits per heavy atom. The van der Waals surface area contributed by atoms with Gasteiger partial charge in [0, 0.05) is 38.5 Å². The molecule has 0 aromatic heterocycles. The lowest BCUT2D eigenvalue weighted by Crippen LogP contribution is -2.63. The third kappa shape index (κ3) is 5.58. The molecule has 8 aromatic carbocycles. The highest BCUT2D eigenvalue weighted by Crippen LogP contribution is 2.61. The summed E-state index contributed by atoms with van der Waals surface area (Å²) in [5, 5.41) is 5.18. The third-order valence-electron chi connectivity index (χ3n) is 11.9. The van der Waals surface area contributed by atoms with Crippen molar-refractivity contribution in [3.05, 3.63) is 193 Å². The van der Waals surface area contributed by atoms with Crippen LogP contribution in [-0.2, 0) is 4.66 Å². The lowest BCUT2D eigenvalue weighted by Gasteiger charge is -2.51. The van der Waals surface area contributed by atoms with Crippen molar-refractivity contribution < 1.29 is 0 Å². The molecule has 55 heavy (non-hydrogen) atoms. The first-order chi connectivity index (χ1) is 26.6. The lowest BCUT2D eigenvalue weighted by molar-refractivity contribution is 0.954. The molecule has 0 unspecified atom stereocenters. The Kier molecular flexibility index (Phi) is 8.45. The van der Waals surface area contributed by atoms with E-state index < -0.39 is 16.1 Å². The summed E-state index contributed by atoms with van der Waals surface area (Å²) >= 11 is 0. The van der Waals surface area contributed by atoms with Gasteiger partial charge in [0.15, 0.2) is 0 Å². The zero-order valence-electron chi connectivity index (χ0n) is 32.7. The van der Waals surface area contributed by atoms with Crippen molar-refractivity contribution >= 4 is 71.8 Å². The molecule has 0 radical (unpaired) electrons. The smallest absolute Gasteiger partial charge is 0.0579 e. The molecule has 270 valence electrons. The summed E-state index contributed by atoms with van der Waals surface area (Å²) in [5.74, 6) is 0. The van der Waals surface area contributed by atoms with Crippen LogP contribution in [0.5, 0.6) is 0 Å². The van der Waals surface area contributed by atoms with Crippen molar-refractivity contribution in [3.8, 4) is 11.1 Å². The highest BCUT2D eigenvalue weighted by atomic mass is 28.4. The molecule has 1 aliphatic rings. The number of anilines is 6. The van der Waals surface area contributed by atoms with Crippen molar-refractivity contribution in [2.24, 2.45) is 0 Å². The predicted molar refractivity (Wildman–Crippen MR) is 244 cm³/mol. The number of benzene rings is 8. The molecular formula is C51H48N2Si2. The van der Waals surface area contributed by atoms with Gasteiger partial charge in [0.25, 0.3) is 0 Å². The number of nitrogens with zero attached hydrogens (tertiary/aromatic N) is 2. The van der Waals surface area contributed by atoms with Crippen LogP contribution < -0.4 is 9.80 Å². The largest absolute Gasteiger partial charge is 0.310 e. The van der Waals surface area contributed by atoms with Crippen molar-refractivity contribution in [1.82, 2.24) is 0 Å². The highest BCUT2D eigenvalue weighted by molar-refractivity contribution is 6.99. The Labute approximate surface area is 328 Å². The second kappa shape index (κ2) is 13.3. The zero-order chi connectivity index (χ0) is 38.0. The number of hydrogen-bond acceptors (Lipinski definition) is 2. The van der Waals surface area contributed by atoms with Crippen LogP contribution in [0, 0.1) is 0 Å². The first-order valence-corrected chi connectivity index (χ1v) is 26.5. The van der Waals surface area contributed by atoms with Gasteiger partial charge in [-0.3, -0.25) is 0 Å². The van der Waals surface area contributed by atoms with E-state index >= 15 is 0 Å². The number of rotatable bonds is 8. The average Bonchev–Trinajstić information content (AvgIpc) is 3.50. The summed E-state index contributed by atoms with van der Waals surface area (Å²) in [6.07, 6.45) is 0. The summed E-state index contributed by atoms with van der Waals surface area (Å²) in [4.78, 5) is 4.86. The fourth-order valence-electron chi connectivity index (χ4n) is 10.1. The molecule has 0 spiro atoms. The number of hydrogen-bond donors (Lipinski definition) is 0.